The molecule has 0 saturated carbocycles. The van der Waals surface area contributed by atoms with Crippen molar-refractivity contribution in [3.05, 3.63) is 65.6 Å². The zero-order valence-electron chi connectivity index (χ0n) is 18.5. The molecular formula is C25H26N4O3. The first kappa shape index (κ1) is 20.3. The fourth-order valence-electron chi connectivity index (χ4n) is 4.70. The van der Waals surface area contributed by atoms with Crippen LogP contribution in [0.5, 0.6) is 17.2 Å². The molecule has 3 aromatic rings. The lowest BCUT2D eigenvalue weighted by atomic mass is 9.73. The molecule has 0 aliphatic carbocycles. The normalized spacial score (nSPS) is 16.6. The maximum Gasteiger partial charge on any atom is 0.235 e. The Morgan fingerprint density at radius 1 is 1.06 bits per heavy atom. The van der Waals surface area contributed by atoms with E-state index in [0.29, 0.717) is 30.1 Å². The van der Waals surface area contributed by atoms with Crippen LogP contribution in [0.25, 0.3) is 0 Å². The molecule has 1 saturated heterocycles. The Balaban J connectivity index is 1.44. The summed E-state index contributed by atoms with van der Waals surface area (Å²) in [7, 11) is 1.62. The van der Waals surface area contributed by atoms with Gasteiger partial charge in [-0.15, -0.1) is 0 Å². The van der Waals surface area contributed by atoms with Crippen LogP contribution in [0.15, 0.2) is 48.7 Å². The van der Waals surface area contributed by atoms with Gasteiger partial charge in [0.05, 0.1) is 23.9 Å². The van der Waals surface area contributed by atoms with Crippen molar-refractivity contribution in [1.82, 2.24) is 9.97 Å². The number of anilines is 2. The summed E-state index contributed by atoms with van der Waals surface area (Å²) in [6.45, 7) is 5.39. The smallest absolute Gasteiger partial charge is 0.235 e. The lowest BCUT2D eigenvalue weighted by Gasteiger charge is -2.39. The monoisotopic (exact) mass is 430 g/mol. The summed E-state index contributed by atoms with van der Waals surface area (Å²) in [5.41, 5.74) is 3.00. The molecule has 1 spiro atoms. The second-order valence-corrected chi connectivity index (χ2v) is 8.41. The molecule has 1 aromatic heterocycles. The van der Waals surface area contributed by atoms with E-state index in [1.807, 2.05) is 56.3 Å². The van der Waals surface area contributed by atoms with Gasteiger partial charge in [-0.1, -0.05) is 18.2 Å². The van der Waals surface area contributed by atoms with E-state index in [0.717, 1.165) is 41.5 Å². The van der Waals surface area contributed by atoms with Crippen LogP contribution in [0, 0.1) is 13.8 Å². The van der Waals surface area contributed by atoms with Crippen molar-refractivity contribution in [3.63, 3.8) is 0 Å². The van der Waals surface area contributed by atoms with Crippen LogP contribution < -0.4 is 19.7 Å². The highest BCUT2D eigenvalue weighted by molar-refractivity contribution is 6.07. The average molecular weight is 431 g/mol. The van der Waals surface area contributed by atoms with Crippen LogP contribution >= 0.6 is 0 Å². The maximum absolute atomic E-state index is 13.2. The molecule has 0 radical (unpaired) electrons. The molecule has 0 bridgehead atoms. The summed E-state index contributed by atoms with van der Waals surface area (Å²) in [6.07, 6.45) is 3.18. The number of hydrogen-bond donors (Lipinski definition) is 1. The highest BCUT2D eigenvalue weighted by Crippen LogP contribution is 2.49. The molecule has 1 amide bonds. The summed E-state index contributed by atoms with van der Waals surface area (Å²) in [6, 6.07) is 13.4. The van der Waals surface area contributed by atoms with E-state index in [1.165, 1.54) is 0 Å². The van der Waals surface area contributed by atoms with Crippen molar-refractivity contribution in [3.8, 4) is 17.2 Å². The molecule has 5 rings (SSSR count). The number of benzene rings is 2. The fraction of sp³-hybridized carbons (Fsp3) is 0.320. The van der Waals surface area contributed by atoms with E-state index in [2.05, 4.69) is 20.2 Å². The number of aromatic nitrogens is 2. The van der Waals surface area contributed by atoms with Crippen LogP contribution in [0.3, 0.4) is 0 Å². The molecule has 0 atom stereocenters. The van der Waals surface area contributed by atoms with E-state index in [1.54, 1.807) is 13.3 Å². The van der Waals surface area contributed by atoms with Crippen LogP contribution in [-0.2, 0) is 10.2 Å². The molecule has 3 heterocycles. The molecule has 2 aliphatic rings. The minimum Gasteiger partial charge on any atom is -0.493 e. The molecule has 7 heteroatoms. The third-order valence-electron chi connectivity index (χ3n) is 6.44. The summed E-state index contributed by atoms with van der Waals surface area (Å²) >= 11 is 0. The van der Waals surface area contributed by atoms with Gasteiger partial charge >= 0.3 is 0 Å². The van der Waals surface area contributed by atoms with Gasteiger partial charge in [-0.05, 0) is 50.5 Å². The van der Waals surface area contributed by atoms with Crippen LogP contribution in [0.1, 0.15) is 29.8 Å². The topological polar surface area (TPSA) is 76.6 Å². The second-order valence-electron chi connectivity index (χ2n) is 8.41. The van der Waals surface area contributed by atoms with Gasteiger partial charge < -0.3 is 19.7 Å². The van der Waals surface area contributed by atoms with Gasteiger partial charge in [-0.3, -0.25) is 9.78 Å². The van der Waals surface area contributed by atoms with E-state index >= 15 is 0 Å². The van der Waals surface area contributed by atoms with Crippen molar-refractivity contribution in [1.29, 1.82) is 0 Å². The van der Waals surface area contributed by atoms with Gasteiger partial charge in [0.15, 0.2) is 11.5 Å². The van der Waals surface area contributed by atoms with Crippen molar-refractivity contribution >= 4 is 17.4 Å². The maximum atomic E-state index is 13.2. The minimum absolute atomic E-state index is 0.0399. The van der Waals surface area contributed by atoms with Gasteiger partial charge in [0.25, 0.3) is 0 Å². The quantitative estimate of drug-likeness (QED) is 0.662. The van der Waals surface area contributed by atoms with E-state index in [4.69, 9.17) is 9.47 Å². The number of methoxy groups -OCH3 is 1. The minimum atomic E-state index is -0.574. The zero-order valence-corrected chi connectivity index (χ0v) is 18.5. The Kier molecular flexibility index (Phi) is 4.96. The van der Waals surface area contributed by atoms with E-state index < -0.39 is 5.41 Å². The highest BCUT2D eigenvalue weighted by atomic mass is 16.5. The largest absolute Gasteiger partial charge is 0.493 e. The Morgan fingerprint density at radius 3 is 2.53 bits per heavy atom. The van der Waals surface area contributed by atoms with Crippen LogP contribution in [0.4, 0.5) is 11.5 Å². The van der Waals surface area contributed by atoms with Gasteiger partial charge in [-0.2, -0.15) is 0 Å². The number of fused-ring (bicyclic) bond motifs is 2. The van der Waals surface area contributed by atoms with Crippen molar-refractivity contribution in [2.24, 2.45) is 0 Å². The van der Waals surface area contributed by atoms with E-state index in [9.17, 15) is 4.79 Å². The summed E-state index contributed by atoms with van der Waals surface area (Å²) in [5.74, 6) is 2.86. The first-order valence-electron chi connectivity index (χ1n) is 10.8. The first-order chi connectivity index (χ1) is 15.5. The number of aryl methyl sites for hydroxylation is 2. The number of carbonyl (C=O) groups excluding carboxylic acids is 1. The Morgan fingerprint density at radius 2 is 1.81 bits per heavy atom. The number of hydrogen-bond acceptors (Lipinski definition) is 6. The van der Waals surface area contributed by atoms with Gasteiger partial charge in [-0.25, -0.2) is 4.98 Å². The summed E-state index contributed by atoms with van der Waals surface area (Å²) in [4.78, 5) is 24.6. The lowest BCUT2D eigenvalue weighted by Crippen LogP contribution is -2.47. The highest BCUT2D eigenvalue weighted by Gasteiger charge is 2.49. The predicted molar refractivity (Wildman–Crippen MR) is 123 cm³/mol. The first-order valence-corrected chi connectivity index (χ1v) is 10.8. The molecule has 2 aliphatic heterocycles. The lowest BCUT2D eigenvalue weighted by molar-refractivity contribution is -0.121. The van der Waals surface area contributed by atoms with Gasteiger partial charge in [0.1, 0.15) is 11.6 Å². The number of amides is 1. The van der Waals surface area contributed by atoms with Gasteiger partial charge in [0.2, 0.25) is 5.91 Å². The molecule has 0 unspecified atom stereocenters. The van der Waals surface area contributed by atoms with Crippen molar-refractivity contribution in [2.75, 3.05) is 30.4 Å². The molecule has 7 nitrogen and oxygen atoms in total. The SMILES string of the molecule is COc1cc2c(cc1Oc1ccccc1)NC(=O)C21CCN(c2nc(C)cnc2C)CC1. The number of para-hydroxylation sites is 1. The summed E-state index contributed by atoms with van der Waals surface area (Å²) in [5, 5.41) is 3.09. The fourth-order valence-corrected chi connectivity index (χ4v) is 4.70. The Labute approximate surface area is 187 Å². The molecule has 164 valence electrons. The average Bonchev–Trinajstić information content (AvgIpc) is 3.06. The molecule has 2 aromatic carbocycles. The number of nitrogens with zero attached hydrogens (tertiary/aromatic N) is 3. The van der Waals surface area contributed by atoms with Crippen molar-refractivity contribution < 1.29 is 14.3 Å². The van der Waals surface area contributed by atoms with E-state index in [-0.39, 0.29) is 5.91 Å². The third-order valence-corrected chi connectivity index (χ3v) is 6.44. The second kappa shape index (κ2) is 7.82. The van der Waals surface area contributed by atoms with Crippen molar-refractivity contribution in [2.45, 2.75) is 32.1 Å². The Bertz CT molecular complexity index is 1170. The Hall–Kier alpha value is -3.61. The third kappa shape index (κ3) is 3.34. The number of piperidine rings is 1. The zero-order chi connectivity index (χ0) is 22.3. The van der Waals surface area contributed by atoms with Crippen LogP contribution in [0.2, 0.25) is 0 Å². The number of carbonyl (C=O) groups is 1. The number of nitrogens with one attached hydrogen (secondary N) is 1. The number of rotatable bonds is 4. The predicted octanol–water partition coefficient (Wildman–Crippen LogP) is 4.38. The molecule has 1 fully saturated rings. The van der Waals surface area contributed by atoms with Crippen LogP contribution in [-0.4, -0.2) is 36.1 Å². The molecule has 1 N–H and O–H groups in total. The number of ether oxygens (including phenoxy) is 2. The standard InChI is InChI=1S/C25H26N4O3/c1-16-15-26-17(2)23(27-16)29-11-9-25(10-12-29)19-13-21(31-3)22(14-20(19)28-24(25)30)32-18-7-5-4-6-8-18/h4-8,13-15H,9-12H2,1-3H3,(H,28,30). The van der Waals surface area contributed by atoms with Gasteiger partial charge in [0, 0.05) is 31.0 Å². The summed E-state index contributed by atoms with van der Waals surface area (Å²) < 4.78 is 11.7. The molecular weight excluding hydrogens is 404 g/mol. The molecule has 32 heavy (non-hydrogen) atoms.